The van der Waals surface area contributed by atoms with Crippen LogP contribution in [0.4, 0.5) is 10.5 Å². The Balaban J connectivity index is 2.55. The van der Waals surface area contributed by atoms with Gasteiger partial charge in [0.25, 0.3) is 0 Å². The molecule has 2 N–H and O–H groups in total. The third-order valence-electron chi connectivity index (χ3n) is 2.82. The SMILES string of the molecule is C=C(C)CNC(=O)Nc1cnn(CCC(C)C)c1C. The van der Waals surface area contributed by atoms with Gasteiger partial charge >= 0.3 is 6.03 Å². The Hall–Kier alpha value is -1.78. The Morgan fingerprint density at radius 3 is 2.79 bits per heavy atom. The van der Waals surface area contributed by atoms with Crippen LogP contribution in [-0.4, -0.2) is 22.4 Å². The Kier molecular flexibility index (Phi) is 5.60. The van der Waals surface area contributed by atoms with E-state index in [0.717, 1.165) is 29.9 Å². The Morgan fingerprint density at radius 2 is 2.21 bits per heavy atom. The summed E-state index contributed by atoms with van der Waals surface area (Å²) in [5.41, 5.74) is 2.65. The van der Waals surface area contributed by atoms with Crippen molar-refractivity contribution in [2.45, 2.75) is 40.7 Å². The van der Waals surface area contributed by atoms with Crippen molar-refractivity contribution in [2.24, 2.45) is 5.92 Å². The van der Waals surface area contributed by atoms with Gasteiger partial charge < -0.3 is 10.6 Å². The highest BCUT2D eigenvalue weighted by Crippen LogP contribution is 2.14. The topological polar surface area (TPSA) is 59.0 Å². The van der Waals surface area contributed by atoms with Crippen LogP contribution >= 0.6 is 0 Å². The zero-order valence-electron chi connectivity index (χ0n) is 12.3. The number of rotatable bonds is 6. The zero-order valence-corrected chi connectivity index (χ0v) is 12.3. The lowest BCUT2D eigenvalue weighted by Crippen LogP contribution is -2.30. The molecule has 0 unspecified atom stereocenters. The van der Waals surface area contributed by atoms with E-state index < -0.39 is 0 Å². The number of aromatic nitrogens is 2. The van der Waals surface area contributed by atoms with E-state index >= 15 is 0 Å². The number of nitrogens with zero attached hydrogens (tertiary/aromatic N) is 2. The van der Waals surface area contributed by atoms with E-state index in [1.54, 1.807) is 6.20 Å². The molecule has 0 atom stereocenters. The Morgan fingerprint density at radius 1 is 1.53 bits per heavy atom. The quantitative estimate of drug-likeness (QED) is 0.776. The Bertz CT molecular complexity index is 448. The molecule has 0 radical (unpaired) electrons. The first-order valence-corrected chi connectivity index (χ1v) is 6.61. The highest BCUT2D eigenvalue weighted by atomic mass is 16.2. The third-order valence-corrected chi connectivity index (χ3v) is 2.82. The van der Waals surface area contributed by atoms with E-state index in [2.05, 4.69) is 36.2 Å². The summed E-state index contributed by atoms with van der Waals surface area (Å²) in [7, 11) is 0. The van der Waals surface area contributed by atoms with Gasteiger partial charge in [0, 0.05) is 13.1 Å². The summed E-state index contributed by atoms with van der Waals surface area (Å²) in [5, 5.41) is 9.82. The van der Waals surface area contributed by atoms with Gasteiger partial charge in [-0.1, -0.05) is 26.0 Å². The molecule has 5 heteroatoms. The molecule has 1 aromatic heterocycles. The largest absolute Gasteiger partial charge is 0.334 e. The van der Waals surface area contributed by atoms with Gasteiger partial charge in [-0.25, -0.2) is 4.79 Å². The number of hydrogen-bond donors (Lipinski definition) is 2. The maximum atomic E-state index is 11.6. The van der Waals surface area contributed by atoms with Crippen LogP contribution in [0.15, 0.2) is 18.3 Å². The predicted octanol–water partition coefficient (Wildman–Crippen LogP) is 2.94. The van der Waals surface area contributed by atoms with E-state index in [1.165, 1.54) is 0 Å². The van der Waals surface area contributed by atoms with Gasteiger partial charge in [-0.2, -0.15) is 5.10 Å². The molecule has 106 valence electrons. The van der Waals surface area contributed by atoms with Crippen molar-refractivity contribution in [3.05, 3.63) is 24.0 Å². The molecule has 5 nitrogen and oxygen atoms in total. The summed E-state index contributed by atoms with van der Waals surface area (Å²) in [6, 6.07) is -0.227. The van der Waals surface area contributed by atoms with Crippen LogP contribution in [0.1, 0.15) is 32.9 Å². The van der Waals surface area contributed by atoms with Gasteiger partial charge in [0.15, 0.2) is 0 Å². The maximum Gasteiger partial charge on any atom is 0.319 e. The molecule has 0 saturated heterocycles. The average Bonchev–Trinajstić information content (AvgIpc) is 2.66. The molecule has 1 aromatic rings. The number of amides is 2. The second kappa shape index (κ2) is 6.97. The number of anilines is 1. The molecule has 1 rings (SSSR count). The van der Waals surface area contributed by atoms with E-state index in [0.29, 0.717) is 12.5 Å². The number of nitrogens with one attached hydrogen (secondary N) is 2. The molecule has 0 saturated carbocycles. The summed E-state index contributed by atoms with van der Waals surface area (Å²) < 4.78 is 1.92. The molecule has 1 heterocycles. The molecule has 0 fully saturated rings. The molecule has 0 aliphatic carbocycles. The minimum atomic E-state index is -0.227. The fraction of sp³-hybridized carbons (Fsp3) is 0.571. The number of carbonyl (C=O) groups is 1. The number of aryl methyl sites for hydroxylation is 1. The molecule has 2 amide bonds. The molecular weight excluding hydrogens is 240 g/mol. The van der Waals surface area contributed by atoms with Gasteiger partial charge in [0.1, 0.15) is 0 Å². The number of carbonyl (C=O) groups excluding carboxylic acids is 1. The fourth-order valence-corrected chi connectivity index (χ4v) is 1.57. The van der Waals surface area contributed by atoms with Crippen molar-refractivity contribution in [3.8, 4) is 0 Å². The monoisotopic (exact) mass is 264 g/mol. The van der Waals surface area contributed by atoms with E-state index in [9.17, 15) is 4.79 Å². The number of hydrogen-bond acceptors (Lipinski definition) is 2. The lowest BCUT2D eigenvalue weighted by molar-refractivity contribution is 0.253. The summed E-state index contributed by atoms with van der Waals surface area (Å²) in [4.78, 5) is 11.6. The van der Waals surface area contributed by atoms with Crippen LogP contribution in [-0.2, 0) is 6.54 Å². The Labute approximate surface area is 115 Å². The van der Waals surface area contributed by atoms with Crippen LogP contribution in [0.3, 0.4) is 0 Å². The van der Waals surface area contributed by atoms with E-state index in [4.69, 9.17) is 0 Å². The van der Waals surface area contributed by atoms with Crippen molar-refractivity contribution in [1.29, 1.82) is 0 Å². The second-order valence-electron chi connectivity index (χ2n) is 5.31. The van der Waals surface area contributed by atoms with Gasteiger partial charge in [0.05, 0.1) is 17.6 Å². The van der Waals surface area contributed by atoms with Crippen molar-refractivity contribution in [1.82, 2.24) is 15.1 Å². The van der Waals surface area contributed by atoms with E-state index in [-0.39, 0.29) is 6.03 Å². The second-order valence-corrected chi connectivity index (χ2v) is 5.31. The van der Waals surface area contributed by atoms with Crippen LogP contribution < -0.4 is 10.6 Å². The van der Waals surface area contributed by atoms with Crippen molar-refractivity contribution in [2.75, 3.05) is 11.9 Å². The van der Waals surface area contributed by atoms with Gasteiger partial charge in [-0.3, -0.25) is 4.68 Å². The maximum absolute atomic E-state index is 11.6. The zero-order chi connectivity index (χ0) is 14.4. The lowest BCUT2D eigenvalue weighted by Gasteiger charge is -2.09. The normalized spacial score (nSPS) is 10.6. The minimum Gasteiger partial charge on any atom is -0.334 e. The van der Waals surface area contributed by atoms with Crippen LogP contribution in [0.2, 0.25) is 0 Å². The smallest absolute Gasteiger partial charge is 0.319 e. The summed E-state index contributed by atoms with van der Waals surface area (Å²) in [5.74, 6) is 0.638. The fourth-order valence-electron chi connectivity index (χ4n) is 1.57. The average molecular weight is 264 g/mol. The first kappa shape index (κ1) is 15.3. The molecule has 0 aromatic carbocycles. The molecule has 0 bridgehead atoms. The number of urea groups is 1. The van der Waals surface area contributed by atoms with Gasteiger partial charge in [-0.05, 0) is 26.2 Å². The van der Waals surface area contributed by atoms with Crippen molar-refractivity contribution < 1.29 is 4.79 Å². The molecule has 19 heavy (non-hydrogen) atoms. The van der Waals surface area contributed by atoms with Gasteiger partial charge in [-0.15, -0.1) is 0 Å². The predicted molar refractivity (Wildman–Crippen MR) is 78.3 cm³/mol. The van der Waals surface area contributed by atoms with Crippen LogP contribution in [0, 0.1) is 12.8 Å². The highest BCUT2D eigenvalue weighted by molar-refractivity contribution is 5.89. The third kappa shape index (κ3) is 5.16. The highest BCUT2D eigenvalue weighted by Gasteiger charge is 2.09. The molecule has 0 aliphatic rings. The van der Waals surface area contributed by atoms with Crippen molar-refractivity contribution >= 4 is 11.7 Å². The van der Waals surface area contributed by atoms with Gasteiger partial charge in [0.2, 0.25) is 0 Å². The van der Waals surface area contributed by atoms with E-state index in [1.807, 2.05) is 18.5 Å². The lowest BCUT2D eigenvalue weighted by atomic mass is 10.1. The molecule has 0 aliphatic heterocycles. The molecule has 0 spiro atoms. The molecular formula is C14H24N4O. The summed E-state index contributed by atoms with van der Waals surface area (Å²) in [6.45, 7) is 13.3. The first-order valence-electron chi connectivity index (χ1n) is 6.61. The summed E-state index contributed by atoms with van der Waals surface area (Å²) >= 11 is 0. The minimum absolute atomic E-state index is 0.227. The standard InChI is InChI=1S/C14H24N4O/c1-10(2)6-7-18-12(5)13(9-16-18)17-14(19)15-8-11(3)4/h9-10H,3,6-8H2,1-2,4-5H3,(H2,15,17,19). The van der Waals surface area contributed by atoms with Crippen LogP contribution in [0.5, 0.6) is 0 Å². The summed E-state index contributed by atoms with van der Waals surface area (Å²) in [6.07, 6.45) is 2.76. The van der Waals surface area contributed by atoms with Crippen molar-refractivity contribution in [3.63, 3.8) is 0 Å². The van der Waals surface area contributed by atoms with Crippen LogP contribution in [0.25, 0.3) is 0 Å². The first-order chi connectivity index (χ1) is 8.90.